The van der Waals surface area contributed by atoms with Crippen LogP contribution in [0.2, 0.25) is 0 Å². The van der Waals surface area contributed by atoms with Crippen molar-refractivity contribution < 1.29 is 28.9 Å². The van der Waals surface area contributed by atoms with E-state index in [2.05, 4.69) is 15.3 Å². The lowest BCUT2D eigenvalue weighted by Gasteiger charge is -2.31. The summed E-state index contributed by atoms with van der Waals surface area (Å²) >= 11 is 1.44. The van der Waals surface area contributed by atoms with Crippen LogP contribution in [0, 0.1) is 0 Å². The third kappa shape index (κ3) is 5.05. The number of pyridine rings is 1. The zero-order valence-electron chi connectivity index (χ0n) is 21.8. The first-order chi connectivity index (χ1) is 18.9. The van der Waals surface area contributed by atoms with Crippen molar-refractivity contribution in [3.63, 3.8) is 0 Å². The molecule has 1 aliphatic heterocycles. The molecule has 1 fully saturated rings. The van der Waals surface area contributed by atoms with E-state index in [-0.39, 0.29) is 23.5 Å². The van der Waals surface area contributed by atoms with Crippen LogP contribution >= 0.6 is 11.3 Å². The molecule has 2 aromatic heterocycles. The van der Waals surface area contributed by atoms with Crippen LogP contribution in [0.5, 0.6) is 23.0 Å². The van der Waals surface area contributed by atoms with Crippen molar-refractivity contribution in [2.45, 2.75) is 18.8 Å². The van der Waals surface area contributed by atoms with E-state index in [1.165, 1.54) is 38.7 Å². The molecule has 5 rings (SSSR count). The largest absolute Gasteiger partial charge is 0.506 e. The molecule has 0 saturated carbocycles. The van der Waals surface area contributed by atoms with Crippen molar-refractivity contribution in [3.8, 4) is 23.0 Å². The number of piperidine rings is 1. The number of rotatable bonds is 7. The number of methoxy groups -OCH3 is 3. The number of amides is 2. The summed E-state index contributed by atoms with van der Waals surface area (Å²) in [5.41, 5.74) is 1.71. The number of fused-ring (bicyclic) bond motifs is 1. The first-order valence-electron chi connectivity index (χ1n) is 12.4. The van der Waals surface area contributed by atoms with Gasteiger partial charge < -0.3 is 29.5 Å². The fourth-order valence-corrected chi connectivity index (χ4v) is 5.77. The van der Waals surface area contributed by atoms with Gasteiger partial charge in [0, 0.05) is 36.0 Å². The van der Waals surface area contributed by atoms with Crippen LogP contribution in [0.4, 0.5) is 5.69 Å². The summed E-state index contributed by atoms with van der Waals surface area (Å²) in [5.74, 6) is 0.939. The number of nitrogens with zero attached hydrogens (tertiary/aromatic N) is 3. The molecule has 202 valence electrons. The van der Waals surface area contributed by atoms with E-state index in [0.717, 1.165) is 17.8 Å². The molecule has 0 unspecified atom stereocenters. The Morgan fingerprint density at radius 1 is 1.03 bits per heavy atom. The molecule has 2 amide bonds. The maximum atomic E-state index is 13.3. The van der Waals surface area contributed by atoms with Crippen molar-refractivity contribution in [3.05, 3.63) is 64.2 Å². The van der Waals surface area contributed by atoms with Crippen LogP contribution in [0.25, 0.3) is 10.9 Å². The highest BCUT2D eigenvalue weighted by Gasteiger charge is 2.30. The molecule has 2 N–H and O–H groups in total. The quantitative estimate of drug-likeness (QED) is 0.319. The van der Waals surface area contributed by atoms with Crippen molar-refractivity contribution in [2.75, 3.05) is 39.7 Å². The van der Waals surface area contributed by atoms with E-state index < -0.39 is 0 Å². The van der Waals surface area contributed by atoms with Gasteiger partial charge in [-0.1, -0.05) is 0 Å². The van der Waals surface area contributed by atoms with E-state index >= 15 is 0 Å². The molecule has 4 aromatic rings. The Balaban J connectivity index is 1.25. The summed E-state index contributed by atoms with van der Waals surface area (Å²) in [7, 11) is 4.54. The Hall–Kier alpha value is -4.38. The number of hydrogen-bond donors (Lipinski definition) is 2. The Bertz CT molecular complexity index is 1530. The second-order valence-electron chi connectivity index (χ2n) is 9.01. The van der Waals surface area contributed by atoms with Crippen molar-refractivity contribution in [1.82, 2.24) is 14.9 Å². The molecule has 11 heteroatoms. The number of anilines is 1. The predicted molar refractivity (Wildman–Crippen MR) is 147 cm³/mol. The third-order valence-electron chi connectivity index (χ3n) is 6.82. The minimum Gasteiger partial charge on any atom is -0.506 e. The SMILES string of the molecule is COc1ccc(C(=O)N2CCC(c3nc(C(=O)Nc4ccc(O)c5ncccc45)cs3)CC2)c(OC)c1OC. The van der Waals surface area contributed by atoms with Gasteiger partial charge in [-0.05, 0) is 49.2 Å². The van der Waals surface area contributed by atoms with Gasteiger partial charge in [0.1, 0.15) is 17.0 Å². The normalized spacial score (nSPS) is 13.8. The van der Waals surface area contributed by atoms with Crippen molar-refractivity contribution in [1.29, 1.82) is 0 Å². The number of carbonyl (C=O) groups is 2. The summed E-state index contributed by atoms with van der Waals surface area (Å²) in [5, 5.41) is 16.2. The van der Waals surface area contributed by atoms with E-state index in [1.54, 1.807) is 46.8 Å². The fraction of sp³-hybridized carbons (Fsp3) is 0.286. The summed E-state index contributed by atoms with van der Waals surface area (Å²) in [6.45, 7) is 1.10. The molecule has 39 heavy (non-hydrogen) atoms. The number of nitrogens with one attached hydrogen (secondary N) is 1. The van der Waals surface area contributed by atoms with E-state index in [1.807, 2.05) is 0 Å². The zero-order chi connectivity index (χ0) is 27.5. The Labute approximate surface area is 229 Å². The topological polar surface area (TPSA) is 123 Å². The van der Waals surface area contributed by atoms with E-state index in [0.29, 0.717) is 58.2 Å². The first-order valence-corrected chi connectivity index (χ1v) is 13.2. The number of ether oxygens (including phenoxy) is 3. The highest BCUT2D eigenvalue weighted by Crippen LogP contribution is 2.41. The van der Waals surface area contributed by atoms with Crippen LogP contribution in [-0.4, -0.2) is 66.2 Å². The van der Waals surface area contributed by atoms with Crippen molar-refractivity contribution in [2.24, 2.45) is 0 Å². The van der Waals surface area contributed by atoms with Crippen LogP contribution in [0.1, 0.15) is 44.6 Å². The predicted octanol–water partition coefficient (Wildman–Crippen LogP) is 4.69. The fourth-order valence-electron chi connectivity index (χ4n) is 4.80. The lowest BCUT2D eigenvalue weighted by molar-refractivity contribution is 0.0708. The molecular weight excluding hydrogens is 520 g/mol. The Morgan fingerprint density at radius 2 is 1.79 bits per heavy atom. The molecule has 0 atom stereocenters. The Morgan fingerprint density at radius 3 is 2.51 bits per heavy atom. The maximum Gasteiger partial charge on any atom is 0.275 e. The van der Waals surface area contributed by atoms with Crippen LogP contribution in [0.3, 0.4) is 0 Å². The number of thiazole rings is 1. The van der Waals surface area contributed by atoms with Crippen molar-refractivity contribution >= 4 is 39.7 Å². The monoisotopic (exact) mass is 548 g/mol. The standard InChI is InChI=1S/C28H28N4O6S/c1-36-22-9-6-18(24(37-2)25(22)38-3)28(35)32-13-10-16(11-14-32)27-31-20(15-39-27)26(34)30-19-7-8-21(33)23-17(19)5-4-12-29-23/h4-9,12,15-16,33H,10-11,13-14H2,1-3H3,(H,30,34). The third-order valence-corrected chi connectivity index (χ3v) is 7.82. The number of carbonyl (C=O) groups excluding carboxylic acids is 2. The molecule has 3 heterocycles. The summed E-state index contributed by atoms with van der Waals surface area (Å²) < 4.78 is 16.2. The van der Waals surface area contributed by atoms with Gasteiger partial charge in [0.05, 0.1) is 37.6 Å². The van der Waals surface area contributed by atoms with Gasteiger partial charge in [0.15, 0.2) is 11.5 Å². The van der Waals surface area contributed by atoms with Gasteiger partial charge in [-0.25, -0.2) is 4.98 Å². The van der Waals surface area contributed by atoms with Gasteiger partial charge in [-0.3, -0.25) is 14.6 Å². The number of likely N-dealkylation sites (tertiary alicyclic amines) is 1. The molecule has 2 aromatic carbocycles. The summed E-state index contributed by atoms with van der Waals surface area (Å²) in [6, 6.07) is 10.1. The van der Waals surface area contributed by atoms with Gasteiger partial charge in [-0.2, -0.15) is 0 Å². The number of benzene rings is 2. The molecule has 0 bridgehead atoms. The molecule has 0 radical (unpaired) electrons. The average molecular weight is 549 g/mol. The smallest absolute Gasteiger partial charge is 0.275 e. The van der Waals surface area contributed by atoms with Gasteiger partial charge >= 0.3 is 0 Å². The van der Waals surface area contributed by atoms with Crippen LogP contribution < -0.4 is 19.5 Å². The zero-order valence-corrected chi connectivity index (χ0v) is 22.6. The molecule has 0 aliphatic carbocycles. The lowest BCUT2D eigenvalue weighted by atomic mass is 9.97. The van der Waals surface area contributed by atoms with Crippen LogP contribution in [-0.2, 0) is 0 Å². The first kappa shape index (κ1) is 26.2. The number of hydrogen-bond acceptors (Lipinski definition) is 9. The number of aromatic hydroxyl groups is 1. The maximum absolute atomic E-state index is 13.3. The molecule has 1 aliphatic rings. The summed E-state index contributed by atoms with van der Waals surface area (Å²) in [4.78, 5) is 36.9. The lowest BCUT2D eigenvalue weighted by Crippen LogP contribution is -2.38. The van der Waals surface area contributed by atoms with E-state index in [9.17, 15) is 14.7 Å². The number of phenols is 1. The molecule has 1 saturated heterocycles. The van der Waals surface area contributed by atoms with Gasteiger partial charge in [0.2, 0.25) is 5.75 Å². The molecule has 0 spiro atoms. The number of phenolic OH excluding ortho intramolecular Hbond substituents is 1. The number of aromatic nitrogens is 2. The van der Waals surface area contributed by atoms with E-state index in [4.69, 9.17) is 14.2 Å². The molecule has 10 nitrogen and oxygen atoms in total. The summed E-state index contributed by atoms with van der Waals surface area (Å²) in [6.07, 6.45) is 3.04. The minimum atomic E-state index is -0.332. The molecular formula is C28H28N4O6S. The second kappa shape index (κ2) is 11.2. The highest BCUT2D eigenvalue weighted by atomic mass is 32.1. The second-order valence-corrected chi connectivity index (χ2v) is 9.89. The average Bonchev–Trinajstić information content (AvgIpc) is 3.48. The Kier molecular flexibility index (Phi) is 7.51. The van der Waals surface area contributed by atoms with Gasteiger partial charge in [-0.15, -0.1) is 11.3 Å². The van der Waals surface area contributed by atoms with Crippen LogP contribution in [0.15, 0.2) is 48.0 Å². The highest BCUT2D eigenvalue weighted by molar-refractivity contribution is 7.10. The minimum absolute atomic E-state index is 0.0499. The van der Waals surface area contributed by atoms with Gasteiger partial charge in [0.25, 0.3) is 11.8 Å².